The Labute approximate surface area is 158 Å². The second-order valence-corrected chi connectivity index (χ2v) is 8.77. The summed E-state index contributed by atoms with van der Waals surface area (Å²) in [7, 11) is -3.79. The van der Waals surface area contributed by atoms with Crippen molar-refractivity contribution >= 4 is 31.8 Å². The van der Waals surface area contributed by atoms with Crippen molar-refractivity contribution in [3.8, 4) is 0 Å². The molecule has 9 heteroatoms. The Balaban J connectivity index is 1.58. The molecule has 0 bridgehead atoms. The summed E-state index contributed by atoms with van der Waals surface area (Å²) in [4.78, 5) is 31.4. The normalized spacial score (nSPS) is 15.1. The summed E-state index contributed by atoms with van der Waals surface area (Å²) in [6.07, 6.45) is 0.588. The highest BCUT2D eigenvalue weighted by molar-refractivity contribution is 7.89. The minimum absolute atomic E-state index is 0.0286. The lowest BCUT2D eigenvalue weighted by molar-refractivity contribution is 0.391. The lowest BCUT2D eigenvalue weighted by Crippen LogP contribution is -2.35. The molecule has 0 fully saturated rings. The van der Waals surface area contributed by atoms with E-state index in [1.165, 1.54) is 22.5 Å². The molecular formula is C19H16N4O4S. The van der Waals surface area contributed by atoms with Gasteiger partial charge in [0, 0.05) is 36.1 Å². The van der Waals surface area contributed by atoms with Crippen LogP contribution in [0.2, 0.25) is 0 Å². The van der Waals surface area contributed by atoms with Crippen molar-refractivity contribution in [3.63, 3.8) is 0 Å². The van der Waals surface area contributed by atoms with Crippen LogP contribution in [0, 0.1) is 0 Å². The Morgan fingerprint density at radius 2 is 1.68 bits per heavy atom. The molecule has 1 aliphatic heterocycles. The molecule has 28 heavy (non-hydrogen) atoms. The number of aromatic amines is 3. The zero-order chi connectivity index (χ0) is 19.5. The molecule has 142 valence electrons. The van der Waals surface area contributed by atoms with E-state index in [1.807, 2.05) is 24.3 Å². The minimum atomic E-state index is -3.79. The van der Waals surface area contributed by atoms with Gasteiger partial charge in [0.2, 0.25) is 10.0 Å². The van der Waals surface area contributed by atoms with Crippen LogP contribution in [-0.2, 0) is 23.0 Å². The van der Waals surface area contributed by atoms with Crippen LogP contribution in [0.1, 0.15) is 11.3 Å². The lowest BCUT2D eigenvalue weighted by atomic mass is 10.1. The smallest absolute Gasteiger partial charge is 0.326 e. The quantitative estimate of drug-likeness (QED) is 0.475. The van der Waals surface area contributed by atoms with Crippen molar-refractivity contribution in [1.29, 1.82) is 0 Å². The van der Waals surface area contributed by atoms with Gasteiger partial charge < -0.3 is 9.97 Å². The summed E-state index contributed by atoms with van der Waals surface area (Å²) >= 11 is 0. The molecule has 0 saturated heterocycles. The van der Waals surface area contributed by atoms with Gasteiger partial charge in [0.15, 0.2) is 0 Å². The van der Waals surface area contributed by atoms with Crippen molar-refractivity contribution < 1.29 is 8.42 Å². The molecule has 5 rings (SSSR count). The highest BCUT2D eigenvalue weighted by Crippen LogP contribution is 2.30. The maximum atomic E-state index is 13.2. The van der Waals surface area contributed by atoms with Crippen molar-refractivity contribution in [3.05, 3.63) is 74.6 Å². The first-order valence-corrected chi connectivity index (χ1v) is 10.2. The van der Waals surface area contributed by atoms with Crippen LogP contribution in [0.25, 0.3) is 21.8 Å². The Bertz CT molecular complexity index is 1460. The first-order chi connectivity index (χ1) is 13.4. The highest BCUT2D eigenvalue weighted by Gasteiger charge is 2.30. The number of benzene rings is 2. The Morgan fingerprint density at radius 1 is 0.893 bits per heavy atom. The van der Waals surface area contributed by atoms with Gasteiger partial charge in [-0.05, 0) is 29.8 Å². The maximum absolute atomic E-state index is 13.2. The number of nitrogens with zero attached hydrogens (tertiary/aromatic N) is 1. The van der Waals surface area contributed by atoms with Crippen molar-refractivity contribution in [2.75, 3.05) is 6.54 Å². The molecule has 4 aromatic rings. The second kappa shape index (κ2) is 5.91. The molecule has 0 radical (unpaired) electrons. The molecule has 2 aromatic carbocycles. The molecule has 0 amide bonds. The average Bonchev–Trinajstić information content (AvgIpc) is 3.05. The zero-order valence-corrected chi connectivity index (χ0v) is 15.5. The summed E-state index contributed by atoms with van der Waals surface area (Å²) in [6, 6.07) is 12.0. The van der Waals surface area contributed by atoms with Crippen LogP contribution in [0.3, 0.4) is 0 Å². The number of fused-ring (bicyclic) bond motifs is 4. The first-order valence-electron chi connectivity index (χ1n) is 8.78. The van der Waals surface area contributed by atoms with Gasteiger partial charge in [0.05, 0.1) is 15.8 Å². The average molecular weight is 396 g/mol. The largest absolute Gasteiger partial charge is 0.358 e. The van der Waals surface area contributed by atoms with Crippen LogP contribution >= 0.6 is 0 Å². The fourth-order valence-electron chi connectivity index (χ4n) is 3.80. The van der Waals surface area contributed by atoms with Gasteiger partial charge >= 0.3 is 5.69 Å². The van der Waals surface area contributed by atoms with E-state index in [4.69, 9.17) is 0 Å². The minimum Gasteiger partial charge on any atom is -0.358 e. The van der Waals surface area contributed by atoms with Crippen molar-refractivity contribution in [2.45, 2.75) is 17.9 Å². The molecule has 0 spiro atoms. The molecule has 0 aliphatic carbocycles. The van der Waals surface area contributed by atoms with E-state index in [1.54, 1.807) is 0 Å². The van der Waals surface area contributed by atoms with E-state index in [0.717, 1.165) is 22.2 Å². The number of aromatic nitrogens is 3. The SMILES string of the molecule is O=c1[nH]c(=O)c2cc(S(=O)(=O)N3CCc4[nH]c5ccccc5c4C3)ccc2[nH]1. The predicted molar refractivity (Wildman–Crippen MR) is 105 cm³/mol. The van der Waals surface area contributed by atoms with Crippen LogP contribution in [0.4, 0.5) is 0 Å². The summed E-state index contributed by atoms with van der Waals surface area (Å²) in [6.45, 7) is 0.615. The molecule has 0 saturated carbocycles. The van der Waals surface area contributed by atoms with Crippen molar-refractivity contribution in [1.82, 2.24) is 19.3 Å². The fourth-order valence-corrected chi connectivity index (χ4v) is 5.24. The van der Waals surface area contributed by atoms with E-state index < -0.39 is 21.3 Å². The Kier molecular flexibility index (Phi) is 3.58. The van der Waals surface area contributed by atoms with Gasteiger partial charge in [-0.3, -0.25) is 9.78 Å². The van der Waals surface area contributed by atoms with Crippen LogP contribution in [-0.4, -0.2) is 34.2 Å². The number of nitrogens with one attached hydrogen (secondary N) is 3. The van der Waals surface area contributed by atoms with Crippen molar-refractivity contribution in [2.24, 2.45) is 0 Å². The van der Waals surface area contributed by atoms with E-state index in [-0.39, 0.29) is 16.8 Å². The molecule has 0 atom stereocenters. The Hall–Kier alpha value is -3.17. The molecular weight excluding hydrogens is 380 g/mol. The number of sulfonamides is 1. The molecule has 2 aromatic heterocycles. The summed E-state index contributed by atoms with van der Waals surface area (Å²) in [5, 5.41) is 1.15. The van der Waals surface area contributed by atoms with Gasteiger partial charge in [0.25, 0.3) is 5.56 Å². The van der Waals surface area contributed by atoms with E-state index in [0.29, 0.717) is 18.5 Å². The van der Waals surface area contributed by atoms with Crippen LogP contribution in [0.5, 0.6) is 0 Å². The predicted octanol–water partition coefficient (Wildman–Crippen LogP) is 1.44. The first kappa shape index (κ1) is 17.0. The van der Waals surface area contributed by atoms with Gasteiger partial charge in [0.1, 0.15) is 0 Å². The van der Waals surface area contributed by atoms with E-state index in [2.05, 4.69) is 15.0 Å². The number of hydrogen-bond donors (Lipinski definition) is 3. The molecule has 3 N–H and O–H groups in total. The third kappa shape index (κ3) is 2.51. The number of H-pyrrole nitrogens is 3. The second-order valence-electron chi connectivity index (χ2n) is 6.83. The van der Waals surface area contributed by atoms with E-state index in [9.17, 15) is 18.0 Å². The summed E-state index contributed by atoms with van der Waals surface area (Å²) in [5.41, 5.74) is 2.08. The topological polar surface area (TPSA) is 119 Å². The number of hydrogen-bond acceptors (Lipinski definition) is 4. The summed E-state index contributed by atoms with van der Waals surface area (Å²) in [5.74, 6) is 0. The standard InChI is InChI=1S/C19H16N4O4S/c24-18-13-9-11(5-6-16(13)21-19(25)22-18)28(26,27)23-8-7-17-14(10-23)12-3-1-2-4-15(12)20-17/h1-6,9,20H,7-8,10H2,(H2,21,22,24,25). The van der Waals surface area contributed by atoms with Gasteiger partial charge in [-0.2, -0.15) is 4.31 Å². The lowest BCUT2D eigenvalue weighted by Gasteiger charge is -2.26. The van der Waals surface area contributed by atoms with Gasteiger partial charge in [-0.25, -0.2) is 13.2 Å². The third-order valence-corrected chi connectivity index (χ3v) is 7.04. The maximum Gasteiger partial charge on any atom is 0.326 e. The summed E-state index contributed by atoms with van der Waals surface area (Å²) < 4.78 is 27.8. The van der Waals surface area contributed by atoms with Gasteiger partial charge in [-0.1, -0.05) is 18.2 Å². The Morgan fingerprint density at radius 3 is 2.54 bits per heavy atom. The van der Waals surface area contributed by atoms with Gasteiger partial charge in [-0.15, -0.1) is 0 Å². The van der Waals surface area contributed by atoms with Crippen LogP contribution < -0.4 is 11.2 Å². The van der Waals surface area contributed by atoms with E-state index >= 15 is 0 Å². The zero-order valence-electron chi connectivity index (χ0n) is 14.7. The fraction of sp³-hybridized carbons (Fsp3) is 0.158. The number of para-hydroxylation sites is 1. The molecule has 3 heterocycles. The highest BCUT2D eigenvalue weighted by atomic mass is 32.2. The molecule has 0 unspecified atom stereocenters. The van der Waals surface area contributed by atoms with Crippen LogP contribution in [0.15, 0.2) is 56.9 Å². The number of rotatable bonds is 2. The molecule has 8 nitrogen and oxygen atoms in total. The monoisotopic (exact) mass is 396 g/mol. The third-order valence-electron chi connectivity index (χ3n) is 5.20. The molecule has 1 aliphatic rings.